The number of carbonyl (C=O) groups excluding carboxylic acids is 1. The van der Waals surface area contributed by atoms with Crippen LogP contribution >= 0.6 is 23.2 Å². The fraction of sp³-hybridized carbons (Fsp3) is 0.0833. The molecule has 1 unspecified atom stereocenters. The van der Waals surface area contributed by atoms with Gasteiger partial charge in [-0.1, -0.05) is 41.4 Å². The smallest absolute Gasteiger partial charge is 0.343 e. The zero-order chi connectivity index (χ0) is 22.8. The zero-order valence-corrected chi connectivity index (χ0v) is 18.3. The Balaban J connectivity index is 1.67. The van der Waals surface area contributed by atoms with Crippen molar-refractivity contribution in [3.05, 3.63) is 98.9 Å². The number of nitrogens with zero attached hydrogens (tertiary/aromatic N) is 1. The summed E-state index contributed by atoms with van der Waals surface area (Å²) in [5, 5.41) is 10.3. The second-order valence-electron chi connectivity index (χ2n) is 6.92. The number of methoxy groups -OCH3 is 1. The van der Waals surface area contributed by atoms with Gasteiger partial charge in [0, 0.05) is 11.6 Å². The molecule has 0 aliphatic carbocycles. The lowest BCUT2D eigenvalue weighted by molar-refractivity contribution is 0.0734. The van der Waals surface area contributed by atoms with E-state index in [1.165, 1.54) is 18.2 Å². The summed E-state index contributed by atoms with van der Waals surface area (Å²) in [6.45, 7) is 0. The standard InChI is InChI=1S/C24H16Cl2N2O4/c1-30-15-5-2-13(3-6-15)22-17-8-7-16(11-21(17)32-23(28)18(22)12-27)31-24(29)14-4-9-19(25)20(26)10-14/h2-11,22H,28H2,1H3. The molecule has 1 heterocycles. The van der Waals surface area contributed by atoms with Crippen LogP contribution in [0.25, 0.3) is 0 Å². The predicted molar refractivity (Wildman–Crippen MR) is 120 cm³/mol. The highest BCUT2D eigenvalue weighted by atomic mass is 35.5. The van der Waals surface area contributed by atoms with E-state index in [-0.39, 0.29) is 22.2 Å². The molecule has 0 saturated heterocycles. The van der Waals surface area contributed by atoms with Crippen molar-refractivity contribution in [2.45, 2.75) is 5.92 Å². The average Bonchev–Trinajstić information content (AvgIpc) is 2.80. The minimum Gasteiger partial charge on any atom is -0.497 e. The minimum absolute atomic E-state index is 0.00576. The lowest BCUT2D eigenvalue weighted by Gasteiger charge is -2.26. The Hall–Kier alpha value is -3.66. The number of allylic oxidation sites excluding steroid dienone is 1. The van der Waals surface area contributed by atoms with Gasteiger partial charge in [-0.2, -0.15) is 5.26 Å². The largest absolute Gasteiger partial charge is 0.497 e. The summed E-state index contributed by atoms with van der Waals surface area (Å²) in [6.07, 6.45) is 0. The molecule has 32 heavy (non-hydrogen) atoms. The molecule has 1 aliphatic rings. The van der Waals surface area contributed by atoms with Crippen molar-refractivity contribution in [1.82, 2.24) is 0 Å². The van der Waals surface area contributed by atoms with Crippen molar-refractivity contribution in [3.8, 4) is 23.3 Å². The van der Waals surface area contributed by atoms with Gasteiger partial charge in [0.05, 0.1) is 28.6 Å². The van der Waals surface area contributed by atoms with Gasteiger partial charge >= 0.3 is 5.97 Å². The molecule has 0 radical (unpaired) electrons. The molecule has 0 spiro atoms. The van der Waals surface area contributed by atoms with E-state index in [0.29, 0.717) is 22.1 Å². The zero-order valence-electron chi connectivity index (χ0n) is 16.8. The van der Waals surface area contributed by atoms with Crippen LogP contribution in [0, 0.1) is 11.3 Å². The molecule has 0 fully saturated rings. The molecule has 0 amide bonds. The Labute approximate surface area is 194 Å². The molecule has 1 aliphatic heterocycles. The van der Waals surface area contributed by atoms with E-state index in [1.807, 2.05) is 24.3 Å². The first kappa shape index (κ1) is 21.6. The van der Waals surface area contributed by atoms with Crippen molar-refractivity contribution in [3.63, 3.8) is 0 Å². The van der Waals surface area contributed by atoms with E-state index in [0.717, 1.165) is 11.1 Å². The Bertz CT molecular complexity index is 1280. The summed E-state index contributed by atoms with van der Waals surface area (Å²) in [5.41, 5.74) is 8.14. The minimum atomic E-state index is -0.604. The Kier molecular flexibility index (Phi) is 5.95. The maximum absolute atomic E-state index is 12.5. The molecular weight excluding hydrogens is 451 g/mol. The molecular formula is C24H16Cl2N2O4. The van der Waals surface area contributed by atoms with Crippen LogP contribution < -0.4 is 19.9 Å². The van der Waals surface area contributed by atoms with Crippen LogP contribution in [-0.2, 0) is 0 Å². The summed E-state index contributed by atoms with van der Waals surface area (Å²) in [6, 6.07) is 18.9. The van der Waals surface area contributed by atoms with E-state index in [4.69, 9.17) is 43.1 Å². The van der Waals surface area contributed by atoms with Gasteiger partial charge in [-0.05, 0) is 42.0 Å². The second kappa shape index (κ2) is 8.83. The molecule has 0 saturated carbocycles. The lowest BCUT2D eigenvalue weighted by Crippen LogP contribution is -2.21. The van der Waals surface area contributed by atoms with Gasteiger partial charge in [-0.15, -0.1) is 0 Å². The summed E-state index contributed by atoms with van der Waals surface area (Å²) >= 11 is 11.9. The Morgan fingerprint density at radius 1 is 1.03 bits per heavy atom. The number of halogens is 2. The van der Waals surface area contributed by atoms with Gasteiger partial charge in [0.2, 0.25) is 5.88 Å². The Morgan fingerprint density at radius 3 is 2.41 bits per heavy atom. The molecule has 3 aromatic rings. The topological polar surface area (TPSA) is 94.6 Å². The van der Waals surface area contributed by atoms with E-state index < -0.39 is 11.9 Å². The fourth-order valence-corrected chi connectivity index (χ4v) is 3.73. The number of hydrogen-bond acceptors (Lipinski definition) is 6. The van der Waals surface area contributed by atoms with Crippen LogP contribution in [0.3, 0.4) is 0 Å². The molecule has 4 rings (SSSR count). The first-order chi connectivity index (χ1) is 15.4. The van der Waals surface area contributed by atoms with Gasteiger partial charge in [-0.3, -0.25) is 0 Å². The highest BCUT2D eigenvalue weighted by Crippen LogP contribution is 2.43. The third kappa shape index (κ3) is 4.09. The van der Waals surface area contributed by atoms with Crippen molar-refractivity contribution < 1.29 is 19.0 Å². The van der Waals surface area contributed by atoms with Crippen LogP contribution in [0.4, 0.5) is 0 Å². The van der Waals surface area contributed by atoms with Crippen LogP contribution in [0.2, 0.25) is 10.0 Å². The molecule has 3 aromatic carbocycles. The summed E-state index contributed by atoms with van der Waals surface area (Å²) in [7, 11) is 1.58. The number of nitriles is 1. The van der Waals surface area contributed by atoms with Gasteiger partial charge < -0.3 is 19.9 Å². The normalized spacial score (nSPS) is 14.8. The molecule has 1 atom stereocenters. The SMILES string of the molecule is COc1ccc(C2C(C#N)=C(N)Oc3cc(OC(=O)c4ccc(Cl)c(Cl)c4)ccc32)cc1. The lowest BCUT2D eigenvalue weighted by atomic mass is 9.83. The summed E-state index contributed by atoms with van der Waals surface area (Å²) in [5.74, 6) is 0.292. The van der Waals surface area contributed by atoms with Gasteiger partial charge in [0.1, 0.15) is 28.9 Å². The summed E-state index contributed by atoms with van der Waals surface area (Å²) < 4.78 is 16.3. The van der Waals surface area contributed by atoms with Gasteiger partial charge in [0.15, 0.2) is 0 Å². The van der Waals surface area contributed by atoms with E-state index >= 15 is 0 Å². The quantitative estimate of drug-likeness (QED) is 0.406. The van der Waals surface area contributed by atoms with E-state index in [9.17, 15) is 10.1 Å². The maximum Gasteiger partial charge on any atom is 0.343 e. The van der Waals surface area contributed by atoms with Crippen LogP contribution in [-0.4, -0.2) is 13.1 Å². The predicted octanol–water partition coefficient (Wildman–Crippen LogP) is 5.44. The number of fused-ring (bicyclic) bond motifs is 1. The molecule has 8 heteroatoms. The summed E-state index contributed by atoms with van der Waals surface area (Å²) in [4.78, 5) is 12.5. The Morgan fingerprint density at radius 2 is 1.75 bits per heavy atom. The molecule has 6 nitrogen and oxygen atoms in total. The van der Waals surface area contributed by atoms with E-state index in [1.54, 1.807) is 25.3 Å². The van der Waals surface area contributed by atoms with Crippen molar-refractivity contribution >= 4 is 29.2 Å². The number of nitrogens with two attached hydrogens (primary N) is 1. The average molecular weight is 467 g/mol. The molecule has 0 bridgehead atoms. The molecule has 0 aromatic heterocycles. The highest BCUT2D eigenvalue weighted by molar-refractivity contribution is 6.42. The fourth-order valence-electron chi connectivity index (χ4n) is 3.43. The monoisotopic (exact) mass is 466 g/mol. The van der Waals surface area contributed by atoms with Crippen LogP contribution in [0.5, 0.6) is 17.2 Å². The van der Waals surface area contributed by atoms with Crippen LogP contribution in [0.15, 0.2) is 72.1 Å². The van der Waals surface area contributed by atoms with Crippen LogP contribution in [0.1, 0.15) is 27.4 Å². The third-order valence-electron chi connectivity index (χ3n) is 5.01. The molecule has 160 valence electrons. The molecule has 2 N–H and O–H groups in total. The third-order valence-corrected chi connectivity index (χ3v) is 5.74. The first-order valence-electron chi connectivity index (χ1n) is 9.44. The number of esters is 1. The highest BCUT2D eigenvalue weighted by Gasteiger charge is 2.31. The van der Waals surface area contributed by atoms with Gasteiger partial charge in [0.25, 0.3) is 0 Å². The van der Waals surface area contributed by atoms with Crippen molar-refractivity contribution in [1.29, 1.82) is 5.26 Å². The second-order valence-corrected chi connectivity index (χ2v) is 7.73. The number of hydrogen-bond donors (Lipinski definition) is 1. The van der Waals surface area contributed by atoms with Crippen molar-refractivity contribution in [2.75, 3.05) is 7.11 Å². The number of benzene rings is 3. The first-order valence-corrected chi connectivity index (χ1v) is 10.2. The van der Waals surface area contributed by atoms with Gasteiger partial charge in [-0.25, -0.2) is 4.79 Å². The number of ether oxygens (including phenoxy) is 3. The number of carbonyl (C=O) groups is 1. The van der Waals surface area contributed by atoms with Crippen molar-refractivity contribution in [2.24, 2.45) is 5.73 Å². The number of rotatable bonds is 4. The van der Waals surface area contributed by atoms with E-state index in [2.05, 4.69) is 6.07 Å². The maximum atomic E-state index is 12.5.